The molecule has 0 aromatic heterocycles. The van der Waals surface area contributed by atoms with E-state index in [0.717, 1.165) is 12.0 Å². The summed E-state index contributed by atoms with van der Waals surface area (Å²) in [7, 11) is 1.44. The van der Waals surface area contributed by atoms with E-state index in [1.807, 2.05) is 30.3 Å². The van der Waals surface area contributed by atoms with Gasteiger partial charge in [-0.25, -0.2) is 9.18 Å². The molecule has 1 saturated heterocycles. The van der Waals surface area contributed by atoms with E-state index < -0.39 is 5.82 Å². The molecule has 0 spiro atoms. The number of nitrogens with zero attached hydrogens (tertiary/aromatic N) is 1. The van der Waals surface area contributed by atoms with E-state index >= 15 is 0 Å². The topological polar surface area (TPSA) is 62.8 Å². The molecule has 1 aliphatic heterocycles. The predicted octanol–water partition coefficient (Wildman–Crippen LogP) is 3.25. The summed E-state index contributed by atoms with van der Waals surface area (Å²) in [6.07, 6.45) is 0.446. The van der Waals surface area contributed by atoms with Crippen molar-refractivity contribution >= 4 is 11.8 Å². The van der Waals surface area contributed by atoms with Crippen molar-refractivity contribution in [3.8, 4) is 5.75 Å². The number of benzene rings is 2. The summed E-state index contributed by atoms with van der Waals surface area (Å²) in [6, 6.07) is 14.8. The second kappa shape index (κ2) is 9.94. The number of piperazine rings is 1. The van der Waals surface area contributed by atoms with E-state index in [0.29, 0.717) is 31.9 Å². The largest absolute Gasteiger partial charge is 0.494 e. The van der Waals surface area contributed by atoms with Gasteiger partial charge in [0.25, 0.3) is 0 Å². The number of hydrogen-bond acceptors (Lipinski definition) is 5. The molecule has 1 atom stereocenters. The molecule has 1 fully saturated rings. The van der Waals surface area contributed by atoms with Crippen LogP contribution in [-0.2, 0) is 11.3 Å². The van der Waals surface area contributed by atoms with Crippen LogP contribution in [0, 0.1) is 5.82 Å². The molecule has 0 saturated carbocycles. The fraction of sp³-hybridized carbons (Fsp3) is 0.381. The quantitative estimate of drug-likeness (QED) is 0.764. The van der Waals surface area contributed by atoms with Crippen LogP contribution in [0.25, 0.3) is 0 Å². The highest BCUT2D eigenvalue weighted by Crippen LogP contribution is 2.23. The summed E-state index contributed by atoms with van der Waals surface area (Å²) in [5, 5.41) is 6.49. The third-order valence-electron chi connectivity index (χ3n) is 4.71. The van der Waals surface area contributed by atoms with Crippen LogP contribution < -0.4 is 15.4 Å². The monoisotopic (exact) mass is 387 g/mol. The number of halogens is 1. The number of carbonyl (C=O) groups excluding carboxylic acids is 1. The maximum absolute atomic E-state index is 14.2. The zero-order chi connectivity index (χ0) is 19.8. The van der Waals surface area contributed by atoms with Crippen LogP contribution in [0.15, 0.2) is 48.5 Å². The van der Waals surface area contributed by atoms with Gasteiger partial charge in [0.1, 0.15) is 6.61 Å². The van der Waals surface area contributed by atoms with Crippen LogP contribution in [0.4, 0.5) is 14.9 Å². The van der Waals surface area contributed by atoms with Crippen LogP contribution >= 0.6 is 0 Å². The second-order valence-corrected chi connectivity index (χ2v) is 6.67. The van der Waals surface area contributed by atoms with Gasteiger partial charge in [-0.3, -0.25) is 0 Å². The van der Waals surface area contributed by atoms with Crippen LogP contribution in [0.2, 0.25) is 0 Å². The summed E-state index contributed by atoms with van der Waals surface area (Å²) < 4.78 is 24.6. The summed E-state index contributed by atoms with van der Waals surface area (Å²) >= 11 is 0. The molecule has 0 radical (unpaired) electrons. The van der Waals surface area contributed by atoms with Gasteiger partial charge in [-0.15, -0.1) is 0 Å². The molecule has 2 N–H and O–H groups in total. The van der Waals surface area contributed by atoms with Gasteiger partial charge in [-0.05, 0) is 24.1 Å². The van der Waals surface area contributed by atoms with Crippen molar-refractivity contribution in [1.82, 2.24) is 10.2 Å². The molecule has 6 nitrogen and oxygen atoms in total. The molecule has 0 unspecified atom stereocenters. The van der Waals surface area contributed by atoms with Crippen molar-refractivity contribution in [2.45, 2.75) is 19.1 Å². The summed E-state index contributed by atoms with van der Waals surface area (Å²) in [5.74, 6) is -0.180. The van der Waals surface area contributed by atoms with E-state index in [9.17, 15) is 9.18 Å². The first-order chi connectivity index (χ1) is 13.7. The van der Waals surface area contributed by atoms with Crippen molar-refractivity contribution in [3.63, 3.8) is 0 Å². The Bertz CT molecular complexity index is 773. The Hall–Kier alpha value is -2.80. The van der Waals surface area contributed by atoms with E-state index in [2.05, 4.69) is 10.6 Å². The molecule has 150 valence electrons. The fourth-order valence-corrected chi connectivity index (χ4v) is 3.18. The van der Waals surface area contributed by atoms with Gasteiger partial charge < -0.3 is 25.0 Å². The molecule has 0 bridgehead atoms. The first kappa shape index (κ1) is 19.9. The summed E-state index contributed by atoms with van der Waals surface area (Å²) in [4.78, 5) is 14.0. The smallest absolute Gasteiger partial charge is 0.410 e. The second-order valence-electron chi connectivity index (χ2n) is 6.67. The fourth-order valence-electron chi connectivity index (χ4n) is 3.18. The van der Waals surface area contributed by atoms with Crippen LogP contribution in [0.5, 0.6) is 5.75 Å². The molecule has 7 heteroatoms. The Balaban J connectivity index is 1.44. The van der Waals surface area contributed by atoms with Gasteiger partial charge in [-0.2, -0.15) is 0 Å². The zero-order valence-corrected chi connectivity index (χ0v) is 16.0. The highest BCUT2D eigenvalue weighted by molar-refractivity contribution is 5.67. The Morgan fingerprint density at radius 3 is 2.86 bits per heavy atom. The zero-order valence-electron chi connectivity index (χ0n) is 16.0. The lowest BCUT2D eigenvalue weighted by Gasteiger charge is -2.33. The number of ether oxygens (including phenoxy) is 2. The van der Waals surface area contributed by atoms with E-state index in [1.54, 1.807) is 23.1 Å². The minimum Gasteiger partial charge on any atom is -0.494 e. The van der Waals surface area contributed by atoms with Crippen molar-refractivity contribution in [2.24, 2.45) is 0 Å². The molecule has 1 heterocycles. The normalized spacial score (nSPS) is 16.5. The van der Waals surface area contributed by atoms with Crippen molar-refractivity contribution < 1.29 is 18.7 Å². The third kappa shape index (κ3) is 5.36. The molecule has 1 aliphatic rings. The Labute approximate surface area is 164 Å². The van der Waals surface area contributed by atoms with Gasteiger partial charge in [0.05, 0.1) is 12.8 Å². The van der Waals surface area contributed by atoms with Gasteiger partial charge in [0.15, 0.2) is 11.6 Å². The number of carbonyl (C=O) groups is 1. The number of amides is 1. The Morgan fingerprint density at radius 2 is 2.07 bits per heavy atom. The van der Waals surface area contributed by atoms with Gasteiger partial charge in [0.2, 0.25) is 0 Å². The molecule has 2 aromatic rings. The maximum atomic E-state index is 14.2. The lowest BCUT2D eigenvalue weighted by atomic mass is 10.1. The Kier molecular flexibility index (Phi) is 7.08. The number of anilines is 1. The first-order valence-electron chi connectivity index (χ1n) is 9.42. The molecule has 2 aromatic carbocycles. The molecule has 1 amide bonds. The lowest BCUT2D eigenvalue weighted by molar-refractivity contribution is 0.0845. The predicted molar refractivity (Wildman–Crippen MR) is 106 cm³/mol. The summed E-state index contributed by atoms with van der Waals surface area (Å²) in [6.45, 7) is 2.73. The molecule has 28 heavy (non-hydrogen) atoms. The maximum Gasteiger partial charge on any atom is 0.410 e. The molecular weight excluding hydrogens is 361 g/mol. The van der Waals surface area contributed by atoms with Gasteiger partial charge in [0, 0.05) is 32.2 Å². The first-order valence-corrected chi connectivity index (χ1v) is 9.42. The highest BCUT2D eigenvalue weighted by atomic mass is 19.1. The van der Waals surface area contributed by atoms with Gasteiger partial charge >= 0.3 is 6.09 Å². The van der Waals surface area contributed by atoms with Crippen LogP contribution in [-0.4, -0.2) is 50.3 Å². The average Bonchev–Trinajstić information content (AvgIpc) is 2.74. The third-order valence-corrected chi connectivity index (χ3v) is 4.71. The number of hydrogen-bond donors (Lipinski definition) is 2. The Morgan fingerprint density at radius 1 is 1.25 bits per heavy atom. The van der Waals surface area contributed by atoms with E-state index in [1.165, 1.54) is 7.11 Å². The number of rotatable bonds is 7. The highest BCUT2D eigenvalue weighted by Gasteiger charge is 2.24. The minimum absolute atomic E-state index is 0.124. The van der Waals surface area contributed by atoms with Crippen molar-refractivity contribution in [3.05, 3.63) is 59.9 Å². The standard InChI is InChI=1S/C21H26FN3O3/c1-27-19-9-5-8-18(20(19)22)24-11-10-17-14-25(13-12-23-17)21(26)28-15-16-6-3-2-4-7-16/h2-9,17,23-24H,10-15H2,1H3/t17-/m1/s1. The van der Waals surface area contributed by atoms with Crippen LogP contribution in [0.3, 0.4) is 0 Å². The SMILES string of the molecule is COc1cccc(NCC[C@@H]2CN(C(=O)OCc3ccccc3)CCN2)c1F. The average molecular weight is 387 g/mol. The number of nitrogens with one attached hydrogen (secondary N) is 2. The lowest BCUT2D eigenvalue weighted by Crippen LogP contribution is -2.53. The molecule has 3 rings (SSSR count). The van der Waals surface area contributed by atoms with Crippen molar-refractivity contribution in [2.75, 3.05) is 38.6 Å². The molecule has 0 aliphatic carbocycles. The minimum atomic E-state index is -0.396. The van der Waals surface area contributed by atoms with Crippen LogP contribution in [0.1, 0.15) is 12.0 Å². The molecular formula is C21H26FN3O3. The van der Waals surface area contributed by atoms with Crippen molar-refractivity contribution in [1.29, 1.82) is 0 Å². The van der Waals surface area contributed by atoms with E-state index in [4.69, 9.17) is 9.47 Å². The number of methoxy groups -OCH3 is 1. The van der Waals surface area contributed by atoms with E-state index in [-0.39, 0.29) is 24.5 Å². The summed E-state index contributed by atoms with van der Waals surface area (Å²) in [5.41, 5.74) is 1.38. The van der Waals surface area contributed by atoms with Gasteiger partial charge in [-0.1, -0.05) is 36.4 Å².